The van der Waals surface area contributed by atoms with Crippen molar-refractivity contribution in [2.45, 2.75) is 30.8 Å². The molecule has 5 heteroatoms. The second kappa shape index (κ2) is 5.09. The van der Waals surface area contributed by atoms with Crippen LogP contribution in [-0.4, -0.2) is 40.0 Å². The smallest absolute Gasteiger partial charge is 0.322 e. The summed E-state index contributed by atoms with van der Waals surface area (Å²) in [7, 11) is 1.91. The summed E-state index contributed by atoms with van der Waals surface area (Å²) < 4.78 is 0. The predicted molar refractivity (Wildman–Crippen MR) is 83.7 cm³/mol. The first-order valence-electron chi connectivity index (χ1n) is 7.63. The van der Waals surface area contributed by atoms with Crippen molar-refractivity contribution in [2.24, 2.45) is 0 Å². The number of benzene rings is 1. The van der Waals surface area contributed by atoms with Crippen LogP contribution in [0.4, 0.5) is 10.5 Å². The zero-order valence-electron chi connectivity index (χ0n) is 12.5. The molecule has 2 aliphatic rings. The molecule has 0 bridgehead atoms. The Morgan fingerprint density at radius 3 is 2.55 bits per heavy atom. The Hall–Kier alpha value is -2.43. The van der Waals surface area contributed by atoms with Crippen molar-refractivity contribution in [3.63, 3.8) is 0 Å². The fourth-order valence-corrected chi connectivity index (χ4v) is 3.91. The topological polar surface area (TPSA) is 49.3 Å². The third-order valence-corrected chi connectivity index (χ3v) is 4.93. The molecule has 0 N–H and O–H groups in total. The predicted octanol–water partition coefficient (Wildman–Crippen LogP) is 2.66. The molecule has 5 nitrogen and oxygen atoms in total. The largest absolute Gasteiger partial charge is 0.324 e. The molecule has 0 radical (unpaired) electrons. The Balaban J connectivity index is 1.76. The van der Waals surface area contributed by atoms with Crippen LogP contribution in [0.1, 0.15) is 24.3 Å². The van der Waals surface area contributed by atoms with Gasteiger partial charge in [-0.1, -0.05) is 18.2 Å². The highest BCUT2D eigenvalue weighted by Crippen LogP contribution is 2.45. The van der Waals surface area contributed by atoms with E-state index in [-0.39, 0.29) is 18.1 Å². The molecule has 1 aliphatic heterocycles. The molecule has 1 saturated heterocycles. The number of nitrogens with zero attached hydrogens (tertiary/aromatic N) is 4. The number of para-hydroxylation sites is 1. The Bertz CT molecular complexity index is 676. The quantitative estimate of drug-likeness (QED) is 0.855. The first-order chi connectivity index (χ1) is 10.8. The second-order valence-electron chi connectivity index (χ2n) is 6.01. The van der Waals surface area contributed by atoms with Gasteiger partial charge >= 0.3 is 6.03 Å². The minimum atomic E-state index is 0.0859. The van der Waals surface area contributed by atoms with Crippen molar-refractivity contribution < 1.29 is 4.79 Å². The molecular formula is C17H18N4O. The lowest BCUT2D eigenvalue weighted by atomic mass is 9.94. The Labute approximate surface area is 129 Å². The third-order valence-electron chi connectivity index (χ3n) is 4.93. The fraction of sp³-hybridized carbons (Fsp3) is 0.353. The van der Waals surface area contributed by atoms with Crippen molar-refractivity contribution in [3.8, 4) is 0 Å². The maximum atomic E-state index is 12.7. The highest BCUT2D eigenvalue weighted by atomic mass is 16.2. The number of urea groups is 1. The van der Waals surface area contributed by atoms with Crippen LogP contribution in [0.2, 0.25) is 0 Å². The summed E-state index contributed by atoms with van der Waals surface area (Å²) in [5, 5.41) is 0. The number of anilines is 1. The van der Waals surface area contributed by atoms with Gasteiger partial charge in [-0.25, -0.2) is 14.8 Å². The lowest BCUT2D eigenvalue weighted by Crippen LogP contribution is -2.37. The van der Waals surface area contributed by atoms with E-state index in [1.807, 2.05) is 59.6 Å². The average molecular weight is 294 g/mol. The van der Waals surface area contributed by atoms with Crippen molar-refractivity contribution >= 4 is 11.7 Å². The molecule has 2 amide bonds. The highest BCUT2D eigenvalue weighted by molar-refractivity contribution is 5.95. The van der Waals surface area contributed by atoms with Crippen LogP contribution in [-0.2, 0) is 0 Å². The molecular weight excluding hydrogens is 276 g/mol. The van der Waals surface area contributed by atoms with E-state index < -0.39 is 0 Å². The van der Waals surface area contributed by atoms with Gasteiger partial charge in [-0.2, -0.15) is 0 Å². The summed E-state index contributed by atoms with van der Waals surface area (Å²) in [5.41, 5.74) is 2.09. The van der Waals surface area contributed by atoms with Crippen molar-refractivity contribution in [2.75, 3.05) is 11.9 Å². The van der Waals surface area contributed by atoms with E-state index in [1.54, 1.807) is 6.33 Å². The van der Waals surface area contributed by atoms with Gasteiger partial charge in [0.1, 0.15) is 6.33 Å². The van der Waals surface area contributed by atoms with Crippen molar-refractivity contribution in [1.29, 1.82) is 0 Å². The number of fused-ring (bicyclic) bond motifs is 1. The van der Waals surface area contributed by atoms with E-state index in [2.05, 4.69) is 9.97 Å². The summed E-state index contributed by atoms with van der Waals surface area (Å²) in [4.78, 5) is 24.9. The Kier molecular flexibility index (Phi) is 3.06. The monoisotopic (exact) mass is 294 g/mol. The highest BCUT2D eigenvalue weighted by Gasteiger charge is 2.52. The lowest BCUT2D eigenvalue weighted by Gasteiger charge is -2.27. The number of hydrogen-bond acceptors (Lipinski definition) is 3. The molecule has 0 spiro atoms. The molecule has 2 heterocycles. The summed E-state index contributed by atoms with van der Waals surface area (Å²) in [6.45, 7) is 0. The number of likely N-dealkylation sites (N-methyl/N-ethyl adjacent to an activating group) is 1. The lowest BCUT2D eigenvalue weighted by molar-refractivity contribution is 0.218. The molecule has 1 aromatic carbocycles. The number of carbonyl (C=O) groups excluding carboxylic acids is 1. The van der Waals surface area contributed by atoms with Gasteiger partial charge in [-0.3, -0.25) is 4.90 Å². The van der Waals surface area contributed by atoms with Crippen molar-refractivity contribution in [3.05, 3.63) is 54.6 Å². The van der Waals surface area contributed by atoms with Crippen LogP contribution in [0.15, 0.2) is 49.1 Å². The normalized spacial score (nSPS) is 27.3. The van der Waals surface area contributed by atoms with E-state index in [0.717, 1.165) is 24.1 Å². The van der Waals surface area contributed by atoms with E-state index in [4.69, 9.17) is 0 Å². The molecule has 1 aromatic heterocycles. The van der Waals surface area contributed by atoms with Crippen LogP contribution in [0.3, 0.4) is 0 Å². The number of rotatable bonds is 2. The maximum Gasteiger partial charge on any atom is 0.324 e. The van der Waals surface area contributed by atoms with Crippen LogP contribution < -0.4 is 4.90 Å². The fourth-order valence-electron chi connectivity index (χ4n) is 3.91. The zero-order valence-corrected chi connectivity index (χ0v) is 12.5. The molecule has 112 valence electrons. The van der Waals surface area contributed by atoms with E-state index in [0.29, 0.717) is 5.92 Å². The van der Waals surface area contributed by atoms with Crippen LogP contribution in [0.25, 0.3) is 0 Å². The van der Waals surface area contributed by atoms with Crippen LogP contribution in [0.5, 0.6) is 0 Å². The van der Waals surface area contributed by atoms with Gasteiger partial charge in [-0.15, -0.1) is 0 Å². The summed E-state index contributed by atoms with van der Waals surface area (Å²) in [6, 6.07) is 10.4. The van der Waals surface area contributed by atoms with Gasteiger partial charge in [0.25, 0.3) is 0 Å². The number of hydrogen-bond donors (Lipinski definition) is 0. The second-order valence-corrected chi connectivity index (χ2v) is 6.01. The van der Waals surface area contributed by atoms with Gasteiger partial charge < -0.3 is 4.90 Å². The minimum absolute atomic E-state index is 0.0859. The molecule has 3 atom stereocenters. The molecule has 1 saturated carbocycles. The van der Waals surface area contributed by atoms with Gasteiger partial charge in [0.2, 0.25) is 0 Å². The van der Waals surface area contributed by atoms with E-state index >= 15 is 0 Å². The number of carbonyl (C=O) groups is 1. The van der Waals surface area contributed by atoms with Gasteiger partial charge in [0.15, 0.2) is 0 Å². The molecule has 22 heavy (non-hydrogen) atoms. The average Bonchev–Trinajstić information content (AvgIpc) is 3.10. The van der Waals surface area contributed by atoms with E-state index in [1.165, 1.54) is 0 Å². The Morgan fingerprint density at radius 2 is 1.82 bits per heavy atom. The molecule has 4 rings (SSSR count). The minimum Gasteiger partial charge on any atom is -0.322 e. The molecule has 2 aromatic rings. The first-order valence-corrected chi connectivity index (χ1v) is 7.63. The Morgan fingerprint density at radius 1 is 1.09 bits per heavy atom. The number of aromatic nitrogens is 2. The summed E-state index contributed by atoms with van der Waals surface area (Å²) in [5.74, 6) is 0.292. The molecule has 1 aliphatic carbocycles. The van der Waals surface area contributed by atoms with Gasteiger partial charge in [-0.05, 0) is 30.5 Å². The van der Waals surface area contributed by atoms with Crippen LogP contribution >= 0.6 is 0 Å². The van der Waals surface area contributed by atoms with Crippen molar-refractivity contribution in [1.82, 2.24) is 14.9 Å². The third kappa shape index (κ3) is 1.89. The number of amides is 2. The molecule has 0 unspecified atom stereocenters. The first kappa shape index (κ1) is 13.2. The van der Waals surface area contributed by atoms with E-state index in [9.17, 15) is 4.79 Å². The van der Waals surface area contributed by atoms with Gasteiger partial charge in [0, 0.05) is 31.0 Å². The summed E-state index contributed by atoms with van der Waals surface area (Å²) >= 11 is 0. The maximum absolute atomic E-state index is 12.7. The molecule has 2 fully saturated rings. The zero-order chi connectivity index (χ0) is 15.1. The summed E-state index contributed by atoms with van der Waals surface area (Å²) in [6.07, 6.45) is 7.40. The van der Waals surface area contributed by atoms with Gasteiger partial charge in [0.05, 0.1) is 12.1 Å². The van der Waals surface area contributed by atoms with Crippen LogP contribution in [0, 0.1) is 0 Å². The standard InChI is InChI=1S/C17H18N4O/c1-20-15-8-7-14(12-9-18-11-19-10-12)16(15)21(17(20)22)13-5-3-2-4-6-13/h2-6,9-11,14-16H,7-8H2,1H3/t14-,15-,16+/m0/s1. The SMILES string of the molecule is CN1C(=O)N(c2ccccc2)[C@@H]2[C@H](c3cncnc3)CC[C@@H]21.